The first-order chi connectivity index (χ1) is 6.66. The number of hydrazone groups is 1. The maximum atomic E-state index is 11.0. The van der Waals surface area contributed by atoms with Crippen LogP contribution in [-0.4, -0.2) is 36.6 Å². The molecule has 5 nitrogen and oxygen atoms in total. The van der Waals surface area contributed by atoms with E-state index in [1.165, 1.54) is 6.92 Å². The van der Waals surface area contributed by atoms with Gasteiger partial charge in [0.05, 0.1) is 0 Å². The van der Waals surface area contributed by atoms with Crippen LogP contribution < -0.4 is 10.7 Å². The third-order valence-corrected chi connectivity index (χ3v) is 2.82. The Morgan fingerprint density at radius 3 is 2.79 bits per heavy atom. The summed E-state index contributed by atoms with van der Waals surface area (Å²) >= 11 is 0. The summed E-state index contributed by atoms with van der Waals surface area (Å²) in [5, 5.41) is 6.04. The third-order valence-electron chi connectivity index (χ3n) is 1.01. The van der Waals surface area contributed by atoms with Crippen molar-refractivity contribution in [3.8, 4) is 0 Å². The van der Waals surface area contributed by atoms with Crippen LogP contribution >= 0.6 is 21.6 Å². The van der Waals surface area contributed by atoms with Crippen LogP contribution in [0.2, 0.25) is 0 Å². The second-order valence-electron chi connectivity index (χ2n) is 2.21. The number of hydrogen-bond donors (Lipinski definition) is 2. The van der Waals surface area contributed by atoms with Crippen molar-refractivity contribution < 1.29 is 9.59 Å². The predicted octanol–water partition coefficient (Wildman–Crippen LogP) is 0.236. The Morgan fingerprint density at radius 2 is 2.21 bits per heavy atom. The molecule has 0 saturated carbocycles. The molecule has 14 heavy (non-hydrogen) atoms. The maximum Gasteiger partial charge on any atom is 0.264 e. The van der Waals surface area contributed by atoms with E-state index in [0.29, 0.717) is 6.54 Å². The summed E-state index contributed by atoms with van der Waals surface area (Å²) in [4.78, 5) is 21.3. The molecular weight excluding hydrogens is 222 g/mol. The monoisotopic (exact) mass is 235 g/mol. The summed E-state index contributed by atoms with van der Waals surface area (Å²) in [6, 6.07) is 0. The first-order valence-electron chi connectivity index (χ1n) is 3.90. The molecule has 2 amide bonds. The van der Waals surface area contributed by atoms with Crippen molar-refractivity contribution in [1.29, 1.82) is 0 Å². The third kappa shape index (κ3) is 9.40. The van der Waals surface area contributed by atoms with Gasteiger partial charge in [-0.1, -0.05) is 21.6 Å². The van der Waals surface area contributed by atoms with Crippen LogP contribution in [-0.2, 0) is 9.59 Å². The first kappa shape index (κ1) is 13.3. The van der Waals surface area contributed by atoms with Gasteiger partial charge in [0.15, 0.2) is 0 Å². The SMILES string of the molecule is CSSCCNC(=O)/C=N\NC(C)=O. The minimum Gasteiger partial charge on any atom is -0.350 e. The highest BCUT2D eigenvalue weighted by Gasteiger charge is 1.94. The zero-order chi connectivity index (χ0) is 10.8. The van der Waals surface area contributed by atoms with E-state index < -0.39 is 0 Å². The predicted molar refractivity (Wildman–Crippen MR) is 61.3 cm³/mol. The summed E-state index contributed by atoms with van der Waals surface area (Å²) in [7, 11) is 3.32. The number of rotatable bonds is 6. The lowest BCUT2D eigenvalue weighted by molar-refractivity contribution is -0.118. The second-order valence-corrected chi connectivity index (χ2v) is 4.89. The van der Waals surface area contributed by atoms with Crippen LogP contribution in [0.1, 0.15) is 6.92 Å². The molecule has 2 N–H and O–H groups in total. The molecular formula is C7H13N3O2S2. The molecule has 0 heterocycles. The van der Waals surface area contributed by atoms with E-state index in [2.05, 4.69) is 15.8 Å². The van der Waals surface area contributed by atoms with Gasteiger partial charge in [-0.2, -0.15) is 5.10 Å². The summed E-state index contributed by atoms with van der Waals surface area (Å²) in [6.07, 6.45) is 3.02. The van der Waals surface area contributed by atoms with Crippen molar-refractivity contribution >= 4 is 39.6 Å². The number of carbonyl (C=O) groups excluding carboxylic acids is 2. The molecule has 0 aliphatic carbocycles. The van der Waals surface area contributed by atoms with Gasteiger partial charge in [0.25, 0.3) is 5.91 Å². The maximum absolute atomic E-state index is 11.0. The van der Waals surface area contributed by atoms with Gasteiger partial charge in [-0.25, -0.2) is 5.43 Å². The van der Waals surface area contributed by atoms with E-state index in [9.17, 15) is 9.59 Å². The summed E-state index contributed by atoms with van der Waals surface area (Å²) in [5.74, 6) is 0.244. The average molecular weight is 235 g/mol. The Morgan fingerprint density at radius 1 is 1.50 bits per heavy atom. The molecule has 0 aromatic rings. The largest absolute Gasteiger partial charge is 0.350 e. The second kappa shape index (κ2) is 8.89. The number of carbonyl (C=O) groups is 2. The Labute approximate surface area is 90.9 Å². The number of nitrogens with zero attached hydrogens (tertiary/aromatic N) is 1. The highest BCUT2D eigenvalue weighted by molar-refractivity contribution is 8.76. The smallest absolute Gasteiger partial charge is 0.264 e. The summed E-state index contributed by atoms with van der Waals surface area (Å²) in [6.45, 7) is 1.92. The molecule has 0 aliphatic heterocycles. The minimum atomic E-state index is -0.305. The Hall–Kier alpha value is -0.690. The minimum absolute atomic E-state index is 0.299. The van der Waals surface area contributed by atoms with Crippen molar-refractivity contribution in [3.05, 3.63) is 0 Å². The number of hydrogen-bond acceptors (Lipinski definition) is 5. The lowest BCUT2D eigenvalue weighted by Crippen LogP contribution is -2.27. The van der Waals surface area contributed by atoms with E-state index >= 15 is 0 Å². The van der Waals surface area contributed by atoms with E-state index in [4.69, 9.17) is 0 Å². The molecule has 0 fully saturated rings. The zero-order valence-electron chi connectivity index (χ0n) is 8.07. The summed E-state index contributed by atoms with van der Waals surface area (Å²) < 4.78 is 0. The number of amides is 2. The number of nitrogens with one attached hydrogen (secondary N) is 2. The lowest BCUT2D eigenvalue weighted by Gasteiger charge is -1.99. The van der Waals surface area contributed by atoms with Crippen LogP contribution in [0, 0.1) is 0 Å². The van der Waals surface area contributed by atoms with Gasteiger partial charge in [0.2, 0.25) is 5.91 Å². The first-order valence-corrected chi connectivity index (χ1v) is 6.62. The quantitative estimate of drug-likeness (QED) is 0.299. The highest BCUT2D eigenvalue weighted by Crippen LogP contribution is 2.14. The van der Waals surface area contributed by atoms with Crippen LogP contribution in [0.15, 0.2) is 5.10 Å². The highest BCUT2D eigenvalue weighted by atomic mass is 33.1. The molecule has 7 heteroatoms. The molecule has 80 valence electrons. The fraction of sp³-hybridized carbons (Fsp3) is 0.571. The van der Waals surface area contributed by atoms with Crippen LogP contribution in [0.4, 0.5) is 0 Å². The van der Waals surface area contributed by atoms with Gasteiger partial charge in [-0.3, -0.25) is 9.59 Å². The van der Waals surface area contributed by atoms with Crippen molar-refractivity contribution in [3.63, 3.8) is 0 Å². The van der Waals surface area contributed by atoms with E-state index in [1.54, 1.807) is 21.6 Å². The molecule has 0 spiro atoms. The van der Waals surface area contributed by atoms with Crippen molar-refractivity contribution in [2.45, 2.75) is 6.92 Å². The molecule has 0 radical (unpaired) electrons. The van der Waals surface area contributed by atoms with Gasteiger partial charge >= 0.3 is 0 Å². The van der Waals surface area contributed by atoms with Crippen molar-refractivity contribution in [1.82, 2.24) is 10.7 Å². The van der Waals surface area contributed by atoms with Gasteiger partial charge in [0, 0.05) is 19.2 Å². The van der Waals surface area contributed by atoms with Crippen LogP contribution in [0.5, 0.6) is 0 Å². The van der Waals surface area contributed by atoms with Gasteiger partial charge in [-0.05, 0) is 6.26 Å². The van der Waals surface area contributed by atoms with Crippen LogP contribution in [0.25, 0.3) is 0 Å². The fourth-order valence-corrected chi connectivity index (χ4v) is 1.63. The Bertz CT molecular complexity index is 221. The Kier molecular flexibility index (Phi) is 8.45. The lowest BCUT2D eigenvalue weighted by atomic mass is 10.6. The van der Waals surface area contributed by atoms with E-state index in [1.807, 2.05) is 6.26 Å². The molecule has 0 unspecified atom stereocenters. The molecule has 0 rings (SSSR count). The molecule has 0 atom stereocenters. The molecule has 0 aromatic carbocycles. The topological polar surface area (TPSA) is 70.6 Å². The average Bonchev–Trinajstić information content (AvgIpc) is 2.12. The fourth-order valence-electron chi connectivity index (χ4n) is 0.527. The Balaban J connectivity index is 3.45. The molecule has 0 saturated heterocycles. The van der Waals surface area contributed by atoms with Crippen LogP contribution in [0.3, 0.4) is 0 Å². The van der Waals surface area contributed by atoms with E-state index in [-0.39, 0.29) is 11.8 Å². The van der Waals surface area contributed by atoms with Gasteiger partial charge in [0.1, 0.15) is 6.21 Å². The van der Waals surface area contributed by atoms with Gasteiger partial charge < -0.3 is 5.32 Å². The summed E-state index contributed by atoms with van der Waals surface area (Å²) in [5.41, 5.74) is 2.14. The molecule has 0 bridgehead atoms. The standard InChI is InChI=1S/C7H13N3O2S2/c1-6(11)10-9-5-7(12)8-3-4-14-13-2/h5H,3-4H2,1-2H3,(H,8,12)(H,10,11)/b9-5-. The van der Waals surface area contributed by atoms with Crippen molar-refractivity contribution in [2.24, 2.45) is 5.10 Å². The zero-order valence-corrected chi connectivity index (χ0v) is 9.70. The van der Waals surface area contributed by atoms with Crippen molar-refractivity contribution in [2.75, 3.05) is 18.6 Å². The van der Waals surface area contributed by atoms with Gasteiger partial charge in [-0.15, -0.1) is 0 Å². The molecule has 0 aromatic heterocycles. The molecule has 0 aliphatic rings. The normalized spacial score (nSPS) is 10.1. The van der Waals surface area contributed by atoms with E-state index in [0.717, 1.165) is 12.0 Å².